The molecular formula is C22H15F6N5O6. The van der Waals surface area contributed by atoms with Gasteiger partial charge in [-0.25, -0.2) is 19.4 Å². The largest absolute Gasteiger partial charge is 0.490 e. The van der Waals surface area contributed by atoms with Crippen LogP contribution in [0, 0.1) is 11.3 Å². The molecule has 0 spiro atoms. The number of benzene rings is 1. The number of rotatable bonds is 2. The maximum Gasteiger partial charge on any atom is 0.490 e. The van der Waals surface area contributed by atoms with Crippen LogP contribution in [-0.4, -0.2) is 60.8 Å². The van der Waals surface area contributed by atoms with Crippen molar-refractivity contribution < 1.29 is 56.0 Å². The van der Waals surface area contributed by atoms with Crippen LogP contribution >= 0.6 is 0 Å². The fourth-order valence-corrected chi connectivity index (χ4v) is 3.30. The van der Waals surface area contributed by atoms with Crippen molar-refractivity contribution in [1.29, 1.82) is 5.26 Å². The third kappa shape index (κ3) is 7.21. The van der Waals surface area contributed by atoms with Crippen molar-refractivity contribution in [3.05, 3.63) is 52.8 Å². The predicted octanol–water partition coefficient (Wildman–Crippen LogP) is 3.66. The zero-order chi connectivity index (χ0) is 29.7. The molecular weight excluding hydrogens is 544 g/mol. The third-order valence-electron chi connectivity index (χ3n) is 4.92. The van der Waals surface area contributed by atoms with Crippen LogP contribution in [0.5, 0.6) is 0 Å². The topological polar surface area (TPSA) is 203 Å². The van der Waals surface area contributed by atoms with E-state index >= 15 is 0 Å². The standard InChI is InChI=1S/C18H13N5O2.2C2HF3O2/c19-7-12-15(9-2-1-3-10(6-9)18(24)25)11-4-5-14-13(8-21-23-14)16(11)22-17(12)20;2*3-2(4,5)1(6)7/h1-3,6,8H,4-5H2,(H2,20,22)(H,21,23)(H,24,25);2*(H,6,7). The van der Waals surface area contributed by atoms with Gasteiger partial charge in [0.05, 0.1) is 17.5 Å². The summed E-state index contributed by atoms with van der Waals surface area (Å²) in [5, 5.41) is 40.1. The van der Waals surface area contributed by atoms with Gasteiger partial charge in [-0.2, -0.15) is 36.7 Å². The number of anilines is 1. The van der Waals surface area contributed by atoms with Crippen molar-refractivity contribution >= 4 is 23.7 Å². The monoisotopic (exact) mass is 559 g/mol. The second-order valence-electron chi connectivity index (χ2n) is 7.44. The Morgan fingerprint density at radius 3 is 2.05 bits per heavy atom. The van der Waals surface area contributed by atoms with E-state index in [0.29, 0.717) is 23.2 Å². The van der Waals surface area contributed by atoms with Crippen LogP contribution in [0.2, 0.25) is 0 Å². The van der Waals surface area contributed by atoms with Gasteiger partial charge in [0.15, 0.2) is 0 Å². The van der Waals surface area contributed by atoms with Gasteiger partial charge in [-0.3, -0.25) is 5.10 Å². The molecule has 17 heteroatoms. The number of hydrogen-bond acceptors (Lipinski definition) is 7. The van der Waals surface area contributed by atoms with Gasteiger partial charge in [-0.15, -0.1) is 0 Å². The average Bonchev–Trinajstić information content (AvgIpc) is 3.32. The lowest BCUT2D eigenvalue weighted by atomic mass is 9.85. The quantitative estimate of drug-likeness (QED) is 0.288. The molecule has 0 aliphatic heterocycles. The molecule has 39 heavy (non-hydrogen) atoms. The minimum Gasteiger partial charge on any atom is -0.478 e. The number of aromatic amines is 1. The summed E-state index contributed by atoms with van der Waals surface area (Å²) in [6, 6.07) is 8.64. The summed E-state index contributed by atoms with van der Waals surface area (Å²) in [7, 11) is 0. The SMILES string of the molecule is N#Cc1c(N)nc2c(c1-c1cccc(C(=O)O)c1)CCc1[nH]ncc1-2.O=C(O)C(F)(F)F.O=C(O)C(F)(F)F. The first-order chi connectivity index (χ1) is 18.0. The molecule has 0 radical (unpaired) electrons. The lowest BCUT2D eigenvalue weighted by molar-refractivity contribution is -0.193. The highest BCUT2D eigenvalue weighted by atomic mass is 19.4. The summed E-state index contributed by atoms with van der Waals surface area (Å²) < 4.78 is 63.5. The fourth-order valence-electron chi connectivity index (χ4n) is 3.30. The summed E-state index contributed by atoms with van der Waals surface area (Å²) in [4.78, 5) is 33.5. The lowest BCUT2D eigenvalue weighted by Gasteiger charge is -2.21. The van der Waals surface area contributed by atoms with Crippen molar-refractivity contribution in [1.82, 2.24) is 15.2 Å². The molecule has 4 rings (SSSR count). The molecule has 0 saturated heterocycles. The number of halogens is 6. The first-order valence-electron chi connectivity index (χ1n) is 10.2. The number of fused-ring (bicyclic) bond motifs is 3. The predicted molar refractivity (Wildman–Crippen MR) is 118 cm³/mol. The van der Waals surface area contributed by atoms with Gasteiger partial charge in [0, 0.05) is 16.8 Å². The number of nitrogen functional groups attached to an aromatic ring is 1. The number of nitrogens with one attached hydrogen (secondary N) is 1. The number of hydrogen-bond donors (Lipinski definition) is 5. The van der Waals surface area contributed by atoms with Crippen LogP contribution in [0.1, 0.15) is 27.2 Å². The Labute approximate surface area is 213 Å². The number of carboxylic acid groups (broad SMARTS) is 3. The van der Waals surface area contributed by atoms with E-state index in [1.807, 2.05) is 0 Å². The van der Waals surface area contributed by atoms with Gasteiger partial charge >= 0.3 is 30.3 Å². The average molecular weight is 559 g/mol. The zero-order valence-corrected chi connectivity index (χ0v) is 19.1. The highest BCUT2D eigenvalue weighted by molar-refractivity contribution is 5.92. The Bertz CT molecular complexity index is 1440. The van der Waals surface area contributed by atoms with Crippen molar-refractivity contribution in [2.45, 2.75) is 25.2 Å². The maximum atomic E-state index is 11.3. The van der Waals surface area contributed by atoms with Crippen LogP contribution < -0.4 is 5.73 Å². The van der Waals surface area contributed by atoms with Gasteiger partial charge in [0.2, 0.25) is 0 Å². The number of aromatic nitrogens is 3. The molecule has 1 aromatic carbocycles. The number of pyridine rings is 1. The van der Waals surface area contributed by atoms with Gasteiger partial charge < -0.3 is 21.1 Å². The van der Waals surface area contributed by atoms with Crippen molar-refractivity contribution in [2.75, 3.05) is 5.73 Å². The molecule has 3 aromatic rings. The van der Waals surface area contributed by atoms with Crippen molar-refractivity contribution in [2.24, 2.45) is 0 Å². The molecule has 2 aromatic heterocycles. The first-order valence-corrected chi connectivity index (χ1v) is 10.2. The molecule has 0 saturated carbocycles. The zero-order valence-electron chi connectivity index (χ0n) is 19.1. The van der Waals surface area contributed by atoms with Crippen LogP contribution in [-0.2, 0) is 22.4 Å². The van der Waals surface area contributed by atoms with Crippen molar-refractivity contribution in [3.8, 4) is 28.5 Å². The number of alkyl halides is 6. The number of carbonyl (C=O) groups is 3. The molecule has 0 bridgehead atoms. The molecule has 0 amide bonds. The lowest BCUT2D eigenvalue weighted by Crippen LogP contribution is -2.21. The Morgan fingerprint density at radius 2 is 1.56 bits per heavy atom. The van der Waals surface area contributed by atoms with Crippen LogP contribution in [0.15, 0.2) is 30.5 Å². The molecule has 1 aliphatic rings. The second-order valence-corrected chi connectivity index (χ2v) is 7.44. The van der Waals surface area contributed by atoms with E-state index in [4.69, 9.17) is 25.5 Å². The number of aromatic carboxylic acids is 1. The maximum absolute atomic E-state index is 11.3. The van der Waals surface area contributed by atoms with E-state index in [-0.39, 0.29) is 16.9 Å². The number of nitrogens with zero attached hydrogens (tertiary/aromatic N) is 3. The van der Waals surface area contributed by atoms with E-state index in [1.165, 1.54) is 6.07 Å². The van der Waals surface area contributed by atoms with Gasteiger partial charge in [-0.1, -0.05) is 12.1 Å². The van der Waals surface area contributed by atoms with E-state index in [1.54, 1.807) is 24.4 Å². The number of carboxylic acids is 3. The van der Waals surface area contributed by atoms with Gasteiger partial charge in [0.1, 0.15) is 17.5 Å². The van der Waals surface area contributed by atoms with Crippen LogP contribution in [0.4, 0.5) is 32.2 Å². The van der Waals surface area contributed by atoms with E-state index in [9.17, 15) is 41.5 Å². The fraction of sp³-hybridized carbons (Fsp3) is 0.182. The van der Waals surface area contributed by atoms with E-state index in [0.717, 1.165) is 23.2 Å². The summed E-state index contributed by atoms with van der Waals surface area (Å²) in [5.74, 6) is -6.40. The van der Waals surface area contributed by atoms with Crippen LogP contribution in [0.25, 0.3) is 22.4 Å². The van der Waals surface area contributed by atoms with Gasteiger partial charge in [0.25, 0.3) is 0 Å². The number of aryl methyl sites for hydroxylation is 1. The Hall–Kier alpha value is -5.14. The molecule has 0 atom stereocenters. The molecule has 206 valence electrons. The Balaban J connectivity index is 0.000000317. The first kappa shape index (κ1) is 30.1. The smallest absolute Gasteiger partial charge is 0.478 e. The summed E-state index contributed by atoms with van der Waals surface area (Å²) in [6.45, 7) is 0. The highest BCUT2D eigenvalue weighted by Crippen LogP contribution is 2.40. The van der Waals surface area contributed by atoms with Crippen molar-refractivity contribution in [3.63, 3.8) is 0 Å². The molecule has 0 unspecified atom stereocenters. The summed E-state index contributed by atoms with van der Waals surface area (Å²) in [5.41, 5.74) is 11.2. The normalized spacial score (nSPS) is 11.8. The highest BCUT2D eigenvalue weighted by Gasteiger charge is 2.38. The molecule has 2 heterocycles. The summed E-state index contributed by atoms with van der Waals surface area (Å²) in [6.07, 6.45) is -7.06. The Morgan fingerprint density at radius 1 is 1.00 bits per heavy atom. The molecule has 11 nitrogen and oxygen atoms in total. The second kappa shape index (κ2) is 11.5. The van der Waals surface area contributed by atoms with Gasteiger partial charge in [-0.05, 0) is 36.1 Å². The number of nitriles is 1. The van der Waals surface area contributed by atoms with E-state index in [2.05, 4.69) is 21.3 Å². The molecule has 1 aliphatic carbocycles. The minimum absolute atomic E-state index is 0.131. The Kier molecular flexibility index (Phi) is 8.87. The molecule has 0 fully saturated rings. The third-order valence-corrected chi connectivity index (χ3v) is 4.92. The minimum atomic E-state index is -5.08. The molecule has 6 N–H and O–H groups in total. The number of nitrogens with two attached hydrogens (primary N) is 1. The van der Waals surface area contributed by atoms with E-state index < -0.39 is 30.3 Å². The van der Waals surface area contributed by atoms with Crippen LogP contribution in [0.3, 0.4) is 0 Å². The number of H-pyrrole nitrogens is 1. The summed E-state index contributed by atoms with van der Waals surface area (Å²) >= 11 is 0. The number of aliphatic carboxylic acids is 2.